The topological polar surface area (TPSA) is 72.6 Å². The quantitative estimate of drug-likeness (QED) is 0.202. The molecule has 5 nitrogen and oxygen atoms in total. The largest absolute Gasteiger partial charge is 0.407 e. The molecule has 0 bridgehead atoms. The number of rotatable bonds is 11. The molecule has 0 aliphatic carbocycles. The van der Waals surface area contributed by atoms with Gasteiger partial charge in [0.15, 0.2) is 8.32 Å². The SMILES string of the molecule is CC[Si](CC)(CC)O[C@H](/C=C\C[C@H](O)c1ccc([N+](=O)[O-])cc1)c1ccccc1. The monoisotopic (exact) mass is 413 g/mol. The van der Waals surface area contributed by atoms with Crippen LogP contribution in [-0.4, -0.2) is 18.3 Å². The van der Waals surface area contributed by atoms with Crippen LogP contribution in [0.4, 0.5) is 5.69 Å². The Hall–Kier alpha value is -2.28. The van der Waals surface area contributed by atoms with E-state index in [-0.39, 0.29) is 11.8 Å². The molecule has 0 amide bonds. The van der Waals surface area contributed by atoms with Crippen LogP contribution in [0.1, 0.15) is 50.5 Å². The summed E-state index contributed by atoms with van der Waals surface area (Å²) in [6.45, 7) is 6.63. The van der Waals surface area contributed by atoms with Crippen molar-refractivity contribution in [3.63, 3.8) is 0 Å². The lowest BCUT2D eigenvalue weighted by molar-refractivity contribution is -0.384. The number of nitro groups is 1. The molecule has 0 spiro atoms. The fraction of sp³-hybridized carbons (Fsp3) is 0.391. The van der Waals surface area contributed by atoms with Crippen molar-refractivity contribution in [3.05, 3.63) is 88.0 Å². The van der Waals surface area contributed by atoms with Gasteiger partial charge in [0.05, 0.1) is 17.1 Å². The van der Waals surface area contributed by atoms with Gasteiger partial charge in [0.2, 0.25) is 0 Å². The van der Waals surface area contributed by atoms with Gasteiger partial charge in [-0.15, -0.1) is 0 Å². The number of benzene rings is 2. The normalized spacial score (nSPS) is 14.1. The van der Waals surface area contributed by atoms with E-state index in [1.165, 1.54) is 12.1 Å². The highest BCUT2D eigenvalue weighted by Crippen LogP contribution is 2.31. The highest BCUT2D eigenvalue weighted by Gasteiger charge is 2.31. The van der Waals surface area contributed by atoms with Crippen molar-refractivity contribution < 1.29 is 14.5 Å². The molecule has 0 saturated carbocycles. The molecule has 0 radical (unpaired) electrons. The van der Waals surface area contributed by atoms with E-state index >= 15 is 0 Å². The number of hydrogen-bond acceptors (Lipinski definition) is 4. The zero-order valence-corrected chi connectivity index (χ0v) is 18.5. The molecule has 0 unspecified atom stereocenters. The maximum absolute atomic E-state index is 10.8. The van der Waals surface area contributed by atoms with Gasteiger partial charge in [0.25, 0.3) is 5.69 Å². The van der Waals surface area contributed by atoms with Crippen molar-refractivity contribution in [1.82, 2.24) is 0 Å². The van der Waals surface area contributed by atoms with E-state index in [0.29, 0.717) is 12.0 Å². The van der Waals surface area contributed by atoms with E-state index < -0.39 is 19.3 Å². The van der Waals surface area contributed by atoms with E-state index in [0.717, 1.165) is 23.7 Å². The lowest BCUT2D eigenvalue weighted by Gasteiger charge is -2.32. The number of hydrogen-bond donors (Lipinski definition) is 1. The predicted molar refractivity (Wildman–Crippen MR) is 119 cm³/mol. The van der Waals surface area contributed by atoms with Crippen LogP contribution in [0, 0.1) is 10.1 Å². The molecular weight excluding hydrogens is 382 g/mol. The average molecular weight is 414 g/mol. The lowest BCUT2D eigenvalue weighted by atomic mass is 10.0. The number of non-ortho nitro benzene ring substituents is 1. The summed E-state index contributed by atoms with van der Waals surface area (Å²) in [4.78, 5) is 10.3. The Kier molecular flexibility index (Phi) is 8.76. The van der Waals surface area contributed by atoms with E-state index in [9.17, 15) is 15.2 Å². The minimum Gasteiger partial charge on any atom is -0.407 e. The Balaban J connectivity index is 2.13. The van der Waals surface area contributed by atoms with Crippen LogP contribution >= 0.6 is 0 Å². The van der Waals surface area contributed by atoms with Crippen LogP contribution in [-0.2, 0) is 4.43 Å². The van der Waals surface area contributed by atoms with Crippen LogP contribution in [0.2, 0.25) is 18.1 Å². The molecule has 0 aliphatic heterocycles. The van der Waals surface area contributed by atoms with E-state index in [1.807, 2.05) is 30.4 Å². The molecule has 2 aromatic rings. The minimum atomic E-state index is -1.80. The second-order valence-electron chi connectivity index (χ2n) is 7.22. The molecule has 0 aliphatic rings. The van der Waals surface area contributed by atoms with Gasteiger partial charge in [-0.1, -0.05) is 63.3 Å². The van der Waals surface area contributed by atoms with Crippen LogP contribution in [0.5, 0.6) is 0 Å². The fourth-order valence-electron chi connectivity index (χ4n) is 3.42. The summed E-state index contributed by atoms with van der Waals surface area (Å²) in [5.41, 5.74) is 1.80. The maximum atomic E-state index is 10.8. The molecule has 0 fully saturated rings. The Morgan fingerprint density at radius 1 is 1.00 bits per heavy atom. The zero-order valence-electron chi connectivity index (χ0n) is 17.5. The van der Waals surface area contributed by atoms with E-state index in [4.69, 9.17) is 4.43 Å². The highest BCUT2D eigenvalue weighted by atomic mass is 28.4. The summed E-state index contributed by atoms with van der Waals surface area (Å²) in [5, 5.41) is 21.2. The standard InChI is InChI=1S/C23H31NO4Si/c1-4-29(5-2,6-3)28-23(20-11-8-7-9-12-20)14-10-13-22(25)19-15-17-21(18-16-19)24(26)27/h7-12,14-18,22-23,25H,4-6,13H2,1-3H3/b14-10-/t22-,23+/m0/s1. The first-order valence-electron chi connectivity index (χ1n) is 10.3. The first kappa shape index (κ1) is 23.0. The number of nitro benzene ring substituents is 1. The maximum Gasteiger partial charge on any atom is 0.269 e. The highest BCUT2D eigenvalue weighted by molar-refractivity contribution is 6.73. The first-order valence-corrected chi connectivity index (χ1v) is 12.8. The molecule has 2 aromatic carbocycles. The van der Waals surface area contributed by atoms with Crippen molar-refractivity contribution in [1.29, 1.82) is 0 Å². The Bertz CT molecular complexity index is 780. The Labute approximate surface area is 174 Å². The summed E-state index contributed by atoms with van der Waals surface area (Å²) in [6, 6.07) is 19.4. The van der Waals surface area contributed by atoms with Crippen LogP contribution in [0.25, 0.3) is 0 Å². The molecule has 156 valence electrons. The van der Waals surface area contributed by atoms with Gasteiger partial charge >= 0.3 is 0 Å². The summed E-state index contributed by atoms with van der Waals surface area (Å²) < 4.78 is 6.70. The molecule has 0 heterocycles. The average Bonchev–Trinajstić information content (AvgIpc) is 2.77. The second kappa shape index (κ2) is 11.0. The molecule has 1 N–H and O–H groups in total. The zero-order chi connectivity index (χ0) is 21.3. The number of aliphatic hydroxyl groups is 1. The van der Waals surface area contributed by atoms with Gasteiger partial charge in [-0.25, -0.2) is 0 Å². The summed E-state index contributed by atoms with van der Waals surface area (Å²) in [5.74, 6) is 0. The molecule has 0 saturated heterocycles. The smallest absolute Gasteiger partial charge is 0.269 e. The molecule has 2 atom stereocenters. The summed E-state index contributed by atoms with van der Waals surface area (Å²) in [6.07, 6.45) is 3.56. The molecule has 2 rings (SSSR count). The first-order chi connectivity index (χ1) is 13.9. The van der Waals surface area contributed by atoms with Crippen molar-refractivity contribution in [2.24, 2.45) is 0 Å². The van der Waals surface area contributed by atoms with Crippen molar-refractivity contribution in [3.8, 4) is 0 Å². The van der Waals surface area contributed by atoms with Crippen LogP contribution in [0.3, 0.4) is 0 Å². The van der Waals surface area contributed by atoms with Gasteiger partial charge in [-0.3, -0.25) is 10.1 Å². The predicted octanol–water partition coefficient (Wildman–Crippen LogP) is 6.34. The Morgan fingerprint density at radius 2 is 1.59 bits per heavy atom. The molecular formula is C23H31NO4Si. The second-order valence-corrected chi connectivity index (χ2v) is 11.9. The lowest BCUT2D eigenvalue weighted by Crippen LogP contribution is -2.36. The van der Waals surface area contributed by atoms with E-state index in [1.54, 1.807) is 12.1 Å². The van der Waals surface area contributed by atoms with Gasteiger partial charge < -0.3 is 9.53 Å². The summed E-state index contributed by atoms with van der Waals surface area (Å²) >= 11 is 0. The molecule has 29 heavy (non-hydrogen) atoms. The molecule has 0 aromatic heterocycles. The van der Waals surface area contributed by atoms with E-state index in [2.05, 4.69) is 32.9 Å². The third-order valence-corrected chi connectivity index (χ3v) is 10.2. The minimum absolute atomic E-state index is 0.0222. The number of nitrogens with zero attached hydrogens (tertiary/aromatic N) is 1. The van der Waals surface area contributed by atoms with Crippen molar-refractivity contribution in [2.75, 3.05) is 0 Å². The third kappa shape index (κ3) is 6.35. The van der Waals surface area contributed by atoms with Gasteiger partial charge in [0, 0.05) is 12.1 Å². The Morgan fingerprint density at radius 3 is 2.10 bits per heavy atom. The third-order valence-electron chi connectivity index (χ3n) is 5.60. The van der Waals surface area contributed by atoms with Crippen LogP contribution < -0.4 is 0 Å². The van der Waals surface area contributed by atoms with Crippen molar-refractivity contribution in [2.45, 2.75) is 57.5 Å². The van der Waals surface area contributed by atoms with Crippen molar-refractivity contribution >= 4 is 14.0 Å². The van der Waals surface area contributed by atoms with Gasteiger partial charge in [-0.05, 0) is 47.8 Å². The fourth-order valence-corrected chi connectivity index (χ4v) is 6.17. The van der Waals surface area contributed by atoms with Gasteiger partial charge in [0.1, 0.15) is 0 Å². The van der Waals surface area contributed by atoms with Gasteiger partial charge in [-0.2, -0.15) is 0 Å². The van der Waals surface area contributed by atoms with Crippen LogP contribution in [0.15, 0.2) is 66.7 Å². The number of aliphatic hydroxyl groups excluding tert-OH is 1. The molecule has 6 heteroatoms. The summed E-state index contributed by atoms with van der Waals surface area (Å²) in [7, 11) is -1.80.